The van der Waals surface area contributed by atoms with Crippen LogP contribution < -0.4 is 10.6 Å². The largest absolute Gasteiger partial charge is 0.357 e. The summed E-state index contributed by atoms with van der Waals surface area (Å²) in [5.74, 6) is 2.30. The van der Waals surface area contributed by atoms with Crippen molar-refractivity contribution in [2.75, 3.05) is 19.3 Å². The lowest BCUT2D eigenvalue weighted by Crippen LogP contribution is -2.38. The number of rotatable bonds is 7. The van der Waals surface area contributed by atoms with E-state index < -0.39 is 0 Å². The van der Waals surface area contributed by atoms with Crippen molar-refractivity contribution < 1.29 is 4.39 Å². The van der Waals surface area contributed by atoms with Crippen LogP contribution in [0.15, 0.2) is 23.2 Å². The minimum absolute atomic E-state index is 0.175. The number of guanidine groups is 1. The van der Waals surface area contributed by atoms with Gasteiger partial charge in [-0.1, -0.05) is 6.07 Å². The lowest BCUT2D eigenvalue weighted by molar-refractivity contribution is 0.625. The fraction of sp³-hybridized carbons (Fsp3) is 0.562. The van der Waals surface area contributed by atoms with Crippen molar-refractivity contribution in [2.24, 2.45) is 10.9 Å². The average Bonchev–Trinajstić information content (AvgIpc) is 3.28. The van der Waals surface area contributed by atoms with Crippen molar-refractivity contribution in [3.05, 3.63) is 35.1 Å². The highest BCUT2D eigenvalue weighted by Crippen LogP contribution is 2.27. The SMILES string of the molecule is CCNC(=NCc1ccc(F)cc1CSC)NCC1CC1. The number of nitrogens with one attached hydrogen (secondary N) is 2. The summed E-state index contributed by atoms with van der Waals surface area (Å²) in [5.41, 5.74) is 2.12. The third-order valence-electron chi connectivity index (χ3n) is 3.47. The molecule has 1 saturated carbocycles. The summed E-state index contributed by atoms with van der Waals surface area (Å²) in [6, 6.07) is 4.97. The molecule has 1 aromatic carbocycles. The van der Waals surface area contributed by atoms with E-state index in [0.29, 0.717) is 6.54 Å². The van der Waals surface area contributed by atoms with Crippen molar-refractivity contribution in [1.82, 2.24) is 10.6 Å². The molecule has 0 bridgehead atoms. The van der Waals surface area contributed by atoms with Crippen LogP contribution in [0.5, 0.6) is 0 Å². The summed E-state index contributed by atoms with van der Waals surface area (Å²) >= 11 is 1.70. The number of halogens is 1. The van der Waals surface area contributed by atoms with Crippen LogP contribution >= 0.6 is 11.8 Å². The minimum Gasteiger partial charge on any atom is -0.357 e. The van der Waals surface area contributed by atoms with Crippen molar-refractivity contribution in [2.45, 2.75) is 32.1 Å². The normalized spacial score (nSPS) is 15.1. The molecular weight excluding hydrogens is 285 g/mol. The predicted molar refractivity (Wildman–Crippen MR) is 89.2 cm³/mol. The Morgan fingerprint density at radius 1 is 1.33 bits per heavy atom. The second kappa shape index (κ2) is 8.27. The average molecular weight is 309 g/mol. The van der Waals surface area contributed by atoms with Gasteiger partial charge in [0.05, 0.1) is 6.54 Å². The Kier molecular flexibility index (Phi) is 6.36. The fourth-order valence-corrected chi connectivity index (χ4v) is 2.69. The zero-order valence-electron chi connectivity index (χ0n) is 12.8. The molecule has 2 N–H and O–H groups in total. The van der Waals surface area contributed by atoms with E-state index >= 15 is 0 Å². The van der Waals surface area contributed by atoms with Gasteiger partial charge in [0.1, 0.15) is 5.82 Å². The first-order valence-electron chi connectivity index (χ1n) is 7.51. The standard InChI is InChI=1S/C16H24FN3S/c1-3-18-16(19-9-12-4-5-12)20-10-13-6-7-15(17)8-14(13)11-21-2/h6-8,12H,3-5,9-11H2,1-2H3,(H2,18,19,20). The molecular formula is C16H24FN3S. The van der Waals surface area contributed by atoms with E-state index in [1.807, 2.05) is 12.3 Å². The zero-order valence-corrected chi connectivity index (χ0v) is 13.6. The molecule has 1 aliphatic carbocycles. The molecule has 2 rings (SSSR count). The quantitative estimate of drug-likeness (QED) is 0.600. The van der Waals surface area contributed by atoms with Gasteiger partial charge >= 0.3 is 0 Å². The maximum absolute atomic E-state index is 13.3. The van der Waals surface area contributed by atoms with Gasteiger partial charge in [-0.15, -0.1) is 0 Å². The second-order valence-electron chi connectivity index (χ2n) is 5.37. The second-order valence-corrected chi connectivity index (χ2v) is 6.23. The molecule has 0 unspecified atom stereocenters. The summed E-state index contributed by atoms with van der Waals surface area (Å²) in [6.45, 7) is 4.48. The van der Waals surface area contributed by atoms with Crippen molar-refractivity contribution in [3.63, 3.8) is 0 Å². The number of hydrogen-bond donors (Lipinski definition) is 2. The molecule has 0 radical (unpaired) electrons. The topological polar surface area (TPSA) is 36.4 Å². The summed E-state index contributed by atoms with van der Waals surface area (Å²) in [6.07, 6.45) is 4.67. The molecule has 116 valence electrons. The van der Waals surface area contributed by atoms with E-state index in [1.54, 1.807) is 17.8 Å². The van der Waals surface area contributed by atoms with Gasteiger partial charge < -0.3 is 10.6 Å². The van der Waals surface area contributed by atoms with E-state index in [2.05, 4.69) is 22.5 Å². The highest BCUT2D eigenvalue weighted by Gasteiger charge is 2.21. The molecule has 5 heteroatoms. The van der Waals surface area contributed by atoms with Gasteiger partial charge in [0.25, 0.3) is 0 Å². The van der Waals surface area contributed by atoms with Crippen LogP contribution in [-0.4, -0.2) is 25.3 Å². The fourth-order valence-electron chi connectivity index (χ4n) is 2.11. The molecule has 0 aromatic heterocycles. The molecule has 3 nitrogen and oxygen atoms in total. The first-order chi connectivity index (χ1) is 10.2. The van der Waals surface area contributed by atoms with Crippen molar-refractivity contribution in [1.29, 1.82) is 0 Å². The summed E-state index contributed by atoms with van der Waals surface area (Å²) in [4.78, 5) is 4.62. The first-order valence-corrected chi connectivity index (χ1v) is 8.90. The van der Waals surface area contributed by atoms with E-state index in [0.717, 1.165) is 41.8 Å². The van der Waals surface area contributed by atoms with Gasteiger partial charge in [0.15, 0.2) is 5.96 Å². The van der Waals surface area contributed by atoms with Gasteiger partial charge in [-0.25, -0.2) is 9.38 Å². The molecule has 1 aliphatic rings. The number of nitrogens with zero attached hydrogens (tertiary/aromatic N) is 1. The van der Waals surface area contributed by atoms with E-state index in [-0.39, 0.29) is 5.82 Å². The smallest absolute Gasteiger partial charge is 0.191 e. The highest BCUT2D eigenvalue weighted by atomic mass is 32.2. The Hall–Kier alpha value is -1.23. The number of aliphatic imine (C=N–C) groups is 1. The first kappa shape index (κ1) is 16.1. The molecule has 0 aliphatic heterocycles. The van der Waals surface area contributed by atoms with Gasteiger partial charge in [0.2, 0.25) is 0 Å². The van der Waals surface area contributed by atoms with Gasteiger partial charge in [0, 0.05) is 18.8 Å². The molecule has 0 spiro atoms. The minimum atomic E-state index is -0.175. The van der Waals surface area contributed by atoms with Crippen molar-refractivity contribution >= 4 is 17.7 Å². The van der Waals surface area contributed by atoms with Crippen LogP contribution in [-0.2, 0) is 12.3 Å². The Morgan fingerprint density at radius 2 is 2.14 bits per heavy atom. The Labute approximate surface area is 130 Å². The lowest BCUT2D eigenvalue weighted by Gasteiger charge is -2.12. The van der Waals surface area contributed by atoms with Crippen LogP contribution in [0.4, 0.5) is 4.39 Å². The summed E-state index contributed by atoms with van der Waals surface area (Å²) < 4.78 is 13.3. The van der Waals surface area contributed by atoms with Crippen LogP contribution in [0.1, 0.15) is 30.9 Å². The number of hydrogen-bond acceptors (Lipinski definition) is 2. The molecule has 0 atom stereocenters. The van der Waals surface area contributed by atoms with Crippen LogP contribution in [0.25, 0.3) is 0 Å². The molecule has 1 aromatic rings. The predicted octanol–water partition coefficient (Wildman–Crippen LogP) is 3.15. The van der Waals surface area contributed by atoms with Crippen LogP contribution in [0.2, 0.25) is 0 Å². The Morgan fingerprint density at radius 3 is 2.81 bits per heavy atom. The maximum Gasteiger partial charge on any atom is 0.191 e. The van der Waals surface area contributed by atoms with E-state index in [9.17, 15) is 4.39 Å². The maximum atomic E-state index is 13.3. The zero-order chi connectivity index (χ0) is 15.1. The summed E-state index contributed by atoms with van der Waals surface area (Å²) in [7, 11) is 0. The Bertz CT molecular complexity index is 486. The molecule has 0 saturated heterocycles. The van der Waals surface area contributed by atoms with Crippen molar-refractivity contribution in [3.8, 4) is 0 Å². The monoisotopic (exact) mass is 309 g/mol. The molecule has 0 heterocycles. The number of benzene rings is 1. The van der Waals surface area contributed by atoms with E-state index in [4.69, 9.17) is 0 Å². The molecule has 0 amide bonds. The summed E-state index contributed by atoms with van der Waals surface area (Å²) in [5, 5.41) is 6.63. The van der Waals surface area contributed by atoms with Gasteiger partial charge in [-0.05, 0) is 55.2 Å². The number of thioether (sulfide) groups is 1. The lowest BCUT2D eigenvalue weighted by atomic mass is 10.1. The van der Waals surface area contributed by atoms with E-state index in [1.165, 1.54) is 18.9 Å². The molecule has 21 heavy (non-hydrogen) atoms. The third kappa shape index (κ3) is 5.58. The third-order valence-corrected chi connectivity index (χ3v) is 4.07. The van der Waals surface area contributed by atoms with Crippen LogP contribution in [0, 0.1) is 11.7 Å². The van der Waals surface area contributed by atoms with Gasteiger partial charge in [-0.3, -0.25) is 0 Å². The van der Waals surface area contributed by atoms with Gasteiger partial charge in [-0.2, -0.15) is 11.8 Å². The Balaban J connectivity index is 2.00. The highest BCUT2D eigenvalue weighted by molar-refractivity contribution is 7.97. The molecule has 1 fully saturated rings. The van der Waals surface area contributed by atoms with Crippen LogP contribution in [0.3, 0.4) is 0 Å².